The van der Waals surface area contributed by atoms with E-state index in [1.165, 1.54) is 21.9 Å². The minimum atomic E-state index is -1.19. The van der Waals surface area contributed by atoms with Gasteiger partial charge in [0.15, 0.2) is 0 Å². The molecule has 6 N–H and O–H groups in total. The number of carbonyl (C=O) groups is 5. The lowest BCUT2D eigenvalue weighted by Crippen LogP contribution is -2.58. The van der Waals surface area contributed by atoms with Crippen LogP contribution in [0.1, 0.15) is 36.8 Å². The Morgan fingerprint density at radius 1 is 0.810 bits per heavy atom. The molecule has 0 spiro atoms. The first-order valence-corrected chi connectivity index (χ1v) is 14.1. The summed E-state index contributed by atoms with van der Waals surface area (Å²) in [6, 6.07) is 12.0. The van der Waals surface area contributed by atoms with Gasteiger partial charge in [0.1, 0.15) is 30.4 Å². The zero-order valence-electron chi connectivity index (χ0n) is 23.3. The monoisotopic (exact) mass is 579 g/mol. The molecule has 4 rings (SSSR count). The van der Waals surface area contributed by atoms with E-state index in [4.69, 9.17) is 10.8 Å². The Balaban J connectivity index is 1.47. The van der Waals surface area contributed by atoms with E-state index in [-0.39, 0.29) is 24.5 Å². The molecule has 12 nitrogen and oxygen atoms in total. The zero-order valence-corrected chi connectivity index (χ0v) is 23.3. The SMILES string of the molecule is N[C@@H](Cc1ccc(O)cc1)C(=O)N1CCC[C@H]1C(=O)N[C@@H](Cc1ccccc1)C(=O)N1CCC[C@@H]1C(=O)NCC(=O)O. The number of amides is 4. The molecule has 0 radical (unpaired) electrons. The van der Waals surface area contributed by atoms with Crippen molar-refractivity contribution in [2.24, 2.45) is 5.73 Å². The maximum absolute atomic E-state index is 13.8. The summed E-state index contributed by atoms with van der Waals surface area (Å²) in [5, 5.41) is 23.6. The maximum Gasteiger partial charge on any atom is 0.322 e. The topological polar surface area (TPSA) is 182 Å². The molecule has 2 heterocycles. The third-order valence-electron chi connectivity index (χ3n) is 7.70. The molecule has 2 aliphatic rings. The van der Waals surface area contributed by atoms with Crippen LogP contribution in [-0.4, -0.2) is 93.4 Å². The molecule has 0 saturated carbocycles. The van der Waals surface area contributed by atoms with Crippen LogP contribution in [0.4, 0.5) is 0 Å². The van der Waals surface area contributed by atoms with Crippen LogP contribution in [0, 0.1) is 0 Å². The Morgan fingerprint density at radius 2 is 1.38 bits per heavy atom. The third kappa shape index (κ3) is 7.64. The molecule has 4 amide bonds. The highest BCUT2D eigenvalue weighted by Crippen LogP contribution is 2.22. The van der Waals surface area contributed by atoms with E-state index in [1.807, 2.05) is 30.3 Å². The number of nitrogens with zero attached hydrogens (tertiary/aromatic N) is 2. The Hall–Kier alpha value is -4.45. The van der Waals surface area contributed by atoms with Gasteiger partial charge in [-0.05, 0) is 55.4 Å². The molecule has 12 heteroatoms. The van der Waals surface area contributed by atoms with Gasteiger partial charge in [0, 0.05) is 19.5 Å². The van der Waals surface area contributed by atoms with Crippen LogP contribution < -0.4 is 16.4 Å². The lowest BCUT2D eigenvalue weighted by atomic mass is 10.0. The molecule has 4 atom stereocenters. The molecule has 0 aromatic heterocycles. The highest BCUT2D eigenvalue weighted by atomic mass is 16.4. The van der Waals surface area contributed by atoms with Gasteiger partial charge in [-0.15, -0.1) is 0 Å². The standard InChI is InChI=1S/C30H37N5O7/c31-22(16-20-10-12-21(36)13-11-20)29(41)34-14-5-9-25(34)28(40)33-23(17-19-6-2-1-3-7-19)30(42)35-15-4-8-24(35)27(39)32-18-26(37)38/h1-3,6-7,10-13,22-25,36H,4-5,8-9,14-18,31H2,(H,32,39)(H,33,40)(H,37,38)/t22-,23-,24+,25-/m0/s1. The fourth-order valence-corrected chi connectivity index (χ4v) is 5.59. The average Bonchev–Trinajstić information content (AvgIpc) is 3.67. The van der Waals surface area contributed by atoms with Crippen molar-refractivity contribution in [1.29, 1.82) is 0 Å². The summed E-state index contributed by atoms with van der Waals surface area (Å²) in [5.41, 5.74) is 7.81. The number of hydrogen-bond donors (Lipinski definition) is 5. The molecule has 2 aliphatic heterocycles. The number of likely N-dealkylation sites (tertiary alicyclic amines) is 2. The second-order valence-corrected chi connectivity index (χ2v) is 10.7. The van der Waals surface area contributed by atoms with Crippen molar-refractivity contribution in [2.45, 2.75) is 62.7 Å². The summed E-state index contributed by atoms with van der Waals surface area (Å²) in [6.07, 6.45) is 2.37. The van der Waals surface area contributed by atoms with Crippen molar-refractivity contribution in [1.82, 2.24) is 20.4 Å². The van der Waals surface area contributed by atoms with Gasteiger partial charge >= 0.3 is 5.97 Å². The molecule has 224 valence electrons. The lowest BCUT2D eigenvalue weighted by molar-refractivity contribution is -0.144. The number of carboxylic acid groups (broad SMARTS) is 1. The van der Waals surface area contributed by atoms with Gasteiger partial charge in [0.2, 0.25) is 23.6 Å². The normalized spacial score (nSPS) is 19.6. The molecule has 0 bridgehead atoms. The number of carbonyl (C=O) groups excluding carboxylic acids is 4. The minimum absolute atomic E-state index is 0.107. The van der Waals surface area contributed by atoms with E-state index in [2.05, 4.69) is 10.6 Å². The quantitative estimate of drug-likeness (QED) is 0.250. The van der Waals surface area contributed by atoms with E-state index in [0.717, 1.165) is 11.1 Å². The molecule has 2 saturated heterocycles. The van der Waals surface area contributed by atoms with Crippen LogP contribution in [-0.2, 0) is 36.8 Å². The predicted octanol–water partition coefficient (Wildman–Crippen LogP) is 0.172. The average molecular weight is 580 g/mol. The number of nitrogens with one attached hydrogen (secondary N) is 2. The first-order valence-electron chi connectivity index (χ1n) is 14.1. The molecule has 0 aliphatic carbocycles. The first kappa shape index (κ1) is 30.5. The number of benzene rings is 2. The molecule has 2 fully saturated rings. The minimum Gasteiger partial charge on any atom is -0.508 e. The summed E-state index contributed by atoms with van der Waals surface area (Å²) in [7, 11) is 0. The number of aliphatic carboxylic acids is 1. The van der Waals surface area contributed by atoms with Gasteiger partial charge in [-0.3, -0.25) is 24.0 Å². The van der Waals surface area contributed by atoms with Crippen molar-refractivity contribution in [3.63, 3.8) is 0 Å². The molecule has 2 aromatic rings. The van der Waals surface area contributed by atoms with Crippen LogP contribution >= 0.6 is 0 Å². The number of aromatic hydroxyl groups is 1. The van der Waals surface area contributed by atoms with Crippen LogP contribution in [0.5, 0.6) is 5.75 Å². The number of carboxylic acids is 1. The van der Waals surface area contributed by atoms with Crippen LogP contribution in [0.3, 0.4) is 0 Å². The Morgan fingerprint density at radius 3 is 2.00 bits per heavy atom. The Kier molecular flexibility index (Phi) is 10.1. The van der Waals surface area contributed by atoms with E-state index in [9.17, 15) is 29.1 Å². The van der Waals surface area contributed by atoms with Gasteiger partial charge in [-0.1, -0.05) is 42.5 Å². The zero-order chi connectivity index (χ0) is 30.2. The van der Waals surface area contributed by atoms with Gasteiger partial charge in [0.05, 0.1) is 6.04 Å². The van der Waals surface area contributed by atoms with Crippen molar-refractivity contribution in [2.75, 3.05) is 19.6 Å². The summed E-state index contributed by atoms with van der Waals surface area (Å²) < 4.78 is 0. The highest BCUT2D eigenvalue weighted by molar-refractivity contribution is 5.96. The second-order valence-electron chi connectivity index (χ2n) is 10.7. The lowest BCUT2D eigenvalue weighted by Gasteiger charge is -2.31. The van der Waals surface area contributed by atoms with Crippen molar-refractivity contribution < 1.29 is 34.2 Å². The number of phenols is 1. The summed E-state index contributed by atoms with van der Waals surface area (Å²) >= 11 is 0. The Bertz CT molecular complexity index is 1290. The van der Waals surface area contributed by atoms with Crippen LogP contribution in [0.15, 0.2) is 54.6 Å². The van der Waals surface area contributed by atoms with Gasteiger partial charge < -0.3 is 36.4 Å². The summed E-state index contributed by atoms with van der Waals surface area (Å²) in [4.78, 5) is 67.2. The van der Waals surface area contributed by atoms with E-state index >= 15 is 0 Å². The predicted molar refractivity (Wildman–Crippen MR) is 152 cm³/mol. The first-order chi connectivity index (χ1) is 20.1. The van der Waals surface area contributed by atoms with E-state index in [0.29, 0.717) is 38.8 Å². The Labute approximate surface area is 243 Å². The highest BCUT2D eigenvalue weighted by Gasteiger charge is 2.41. The summed E-state index contributed by atoms with van der Waals surface area (Å²) in [5.74, 6) is -2.93. The number of rotatable bonds is 11. The molecule has 2 aromatic carbocycles. The molecule has 42 heavy (non-hydrogen) atoms. The van der Waals surface area contributed by atoms with E-state index in [1.54, 1.807) is 12.1 Å². The van der Waals surface area contributed by atoms with Gasteiger partial charge in [0.25, 0.3) is 0 Å². The van der Waals surface area contributed by atoms with Gasteiger partial charge in [-0.25, -0.2) is 0 Å². The smallest absolute Gasteiger partial charge is 0.322 e. The fraction of sp³-hybridized carbons (Fsp3) is 0.433. The number of phenolic OH excluding ortho intramolecular Hbond substituents is 1. The van der Waals surface area contributed by atoms with Crippen molar-refractivity contribution in [3.05, 3.63) is 65.7 Å². The third-order valence-corrected chi connectivity index (χ3v) is 7.70. The van der Waals surface area contributed by atoms with Crippen molar-refractivity contribution in [3.8, 4) is 5.75 Å². The van der Waals surface area contributed by atoms with E-state index < -0.39 is 54.4 Å². The number of nitrogens with two attached hydrogens (primary N) is 1. The molecule has 0 unspecified atom stereocenters. The maximum atomic E-state index is 13.8. The molecular weight excluding hydrogens is 542 g/mol. The fourth-order valence-electron chi connectivity index (χ4n) is 5.59. The second kappa shape index (κ2) is 13.9. The molecular formula is C30H37N5O7. The van der Waals surface area contributed by atoms with Crippen LogP contribution in [0.25, 0.3) is 0 Å². The van der Waals surface area contributed by atoms with Crippen molar-refractivity contribution >= 4 is 29.6 Å². The number of hydrogen-bond acceptors (Lipinski definition) is 7. The van der Waals surface area contributed by atoms with Gasteiger partial charge in [-0.2, -0.15) is 0 Å². The summed E-state index contributed by atoms with van der Waals surface area (Å²) in [6.45, 7) is 0.0999. The van der Waals surface area contributed by atoms with Crippen LogP contribution in [0.2, 0.25) is 0 Å². The largest absolute Gasteiger partial charge is 0.508 e.